The Kier molecular flexibility index (Phi) is 10.1. The highest BCUT2D eigenvalue weighted by Crippen LogP contribution is 2.58. The number of ketones is 1. The summed E-state index contributed by atoms with van der Waals surface area (Å²) in [4.78, 5) is 53.9. The molecule has 0 bridgehead atoms. The van der Waals surface area contributed by atoms with Gasteiger partial charge in [0, 0.05) is 48.6 Å². The molecule has 53 heavy (non-hydrogen) atoms. The standard InChI is InChI=1S/C41H50N4O7S/c1-24(2)32-12-10-13-33(42-32)34-21-37(29-16-17-36(51-5)25(3)38(29)43-34)52-27-19-30-31(20-27)39(47)45(4)18-9-7-6-8-11-26-22-41(26,23-35(30)46)40(48)44-53(49,50)28-14-15-28/h8,10-13,16-17,21,24,26-28,30-31H,6-7,9,14-15,18-20,22-23H2,1-5H3,(H,44,48)/b11-8-/t26-,27+,30+,31+,41+/m0/s1. The van der Waals surface area contributed by atoms with E-state index < -0.39 is 44.5 Å². The molecule has 3 aliphatic carbocycles. The second kappa shape index (κ2) is 14.5. The van der Waals surface area contributed by atoms with Gasteiger partial charge in [-0.15, -0.1) is 0 Å². The van der Waals surface area contributed by atoms with Gasteiger partial charge in [-0.25, -0.2) is 13.4 Å². The van der Waals surface area contributed by atoms with Crippen LogP contribution in [-0.2, 0) is 24.4 Å². The Bertz CT molecular complexity index is 2080. The lowest BCUT2D eigenvalue weighted by atomic mass is 9.84. The maximum atomic E-state index is 14.4. The van der Waals surface area contributed by atoms with Crippen LogP contribution in [0.15, 0.2) is 48.6 Å². The minimum absolute atomic E-state index is 0.111. The molecule has 2 amide bonds. The number of hydrogen-bond acceptors (Lipinski definition) is 9. The van der Waals surface area contributed by atoms with Crippen molar-refractivity contribution in [1.29, 1.82) is 0 Å². The third kappa shape index (κ3) is 7.43. The summed E-state index contributed by atoms with van der Waals surface area (Å²) in [5, 5.41) is 0.222. The zero-order chi connectivity index (χ0) is 37.7. The number of rotatable bonds is 8. The summed E-state index contributed by atoms with van der Waals surface area (Å²) in [5.74, 6) is -0.997. The second-order valence-corrected chi connectivity index (χ2v) is 17.8. The highest BCUT2D eigenvalue weighted by molar-refractivity contribution is 7.90. The van der Waals surface area contributed by atoms with E-state index in [-0.39, 0.29) is 36.4 Å². The monoisotopic (exact) mass is 742 g/mol. The van der Waals surface area contributed by atoms with E-state index in [1.54, 1.807) is 19.1 Å². The molecule has 1 aromatic carbocycles. The van der Waals surface area contributed by atoms with E-state index in [0.29, 0.717) is 60.6 Å². The maximum Gasteiger partial charge on any atom is 0.240 e. The number of benzene rings is 1. The molecule has 12 heteroatoms. The Morgan fingerprint density at radius 3 is 2.53 bits per heavy atom. The molecule has 3 fully saturated rings. The van der Waals surface area contributed by atoms with E-state index in [2.05, 4.69) is 18.6 Å². The van der Waals surface area contributed by atoms with Crippen molar-refractivity contribution in [3.8, 4) is 22.9 Å². The quantitative estimate of drug-likeness (QED) is 0.264. The van der Waals surface area contributed by atoms with Crippen LogP contribution in [0, 0.1) is 30.1 Å². The number of ether oxygens (including phenoxy) is 2. The number of allylic oxidation sites excluding steroid dienone is 2. The number of aromatic nitrogens is 2. The first-order valence-electron chi connectivity index (χ1n) is 18.9. The number of nitrogens with one attached hydrogen (secondary N) is 1. The van der Waals surface area contributed by atoms with Gasteiger partial charge in [-0.2, -0.15) is 0 Å². The van der Waals surface area contributed by atoms with Gasteiger partial charge in [-0.1, -0.05) is 32.1 Å². The number of fused-ring (bicyclic) bond motifs is 3. The minimum atomic E-state index is -3.79. The average molecular weight is 743 g/mol. The van der Waals surface area contributed by atoms with Gasteiger partial charge >= 0.3 is 0 Å². The number of aryl methyl sites for hydroxylation is 1. The number of sulfonamides is 1. The summed E-state index contributed by atoms with van der Waals surface area (Å²) >= 11 is 0. The fourth-order valence-corrected chi connectivity index (χ4v) is 9.56. The zero-order valence-corrected chi connectivity index (χ0v) is 32.1. The molecule has 0 saturated heterocycles. The Balaban J connectivity index is 1.22. The molecular formula is C41H50N4O7S. The summed E-state index contributed by atoms with van der Waals surface area (Å²) in [6.45, 7) is 6.71. The van der Waals surface area contributed by atoms with Crippen LogP contribution >= 0.6 is 0 Å². The molecule has 4 aliphatic rings. The van der Waals surface area contributed by atoms with E-state index in [4.69, 9.17) is 19.4 Å². The van der Waals surface area contributed by atoms with Gasteiger partial charge in [0.25, 0.3) is 0 Å². The molecule has 2 aromatic heterocycles. The van der Waals surface area contributed by atoms with Crippen LogP contribution in [0.3, 0.4) is 0 Å². The van der Waals surface area contributed by atoms with E-state index in [0.717, 1.165) is 35.9 Å². The number of amides is 2. The molecule has 11 nitrogen and oxygen atoms in total. The summed E-state index contributed by atoms with van der Waals surface area (Å²) in [6, 6.07) is 11.6. The first kappa shape index (κ1) is 37.0. The minimum Gasteiger partial charge on any atom is -0.496 e. The predicted molar refractivity (Wildman–Crippen MR) is 202 cm³/mol. The molecule has 3 heterocycles. The van der Waals surface area contributed by atoms with Crippen LogP contribution in [0.1, 0.15) is 88.8 Å². The number of hydrogen-bond donors (Lipinski definition) is 1. The molecule has 1 aliphatic heterocycles. The van der Waals surface area contributed by atoms with Crippen molar-refractivity contribution < 1.29 is 32.3 Å². The largest absolute Gasteiger partial charge is 0.496 e. The topological polar surface area (TPSA) is 145 Å². The van der Waals surface area contributed by atoms with Crippen LogP contribution in [0.4, 0.5) is 0 Å². The third-order valence-electron chi connectivity index (χ3n) is 11.7. The van der Waals surface area contributed by atoms with Gasteiger partial charge in [0.2, 0.25) is 21.8 Å². The number of carbonyl (C=O) groups is 3. The van der Waals surface area contributed by atoms with Crippen molar-refractivity contribution >= 4 is 38.5 Å². The Hall–Kier alpha value is -4.32. The molecule has 3 saturated carbocycles. The number of Topliss-reactive ketones (excluding diaryl/α,β-unsaturated/α-hetero) is 1. The molecular weight excluding hydrogens is 693 g/mol. The highest BCUT2D eigenvalue weighted by atomic mass is 32.2. The van der Waals surface area contributed by atoms with Gasteiger partial charge in [0.15, 0.2) is 0 Å². The lowest BCUT2D eigenvalue weighted by Crippen LogP contribution is -2.42. The van der Waals surface area contributed by atoms with Crippen molar-refractivity contribution in [2.75, 3.05) is 20.7 Å². The van der Waals surface area contributed by atoms with Crippen LogP contribution in [0.25, 0.3) is 22.3 Å². The molecule has 0 spiro atoms. The highest BCUT2D eigenvalue weighted by Gasteiger charge is 2.61. The smallest absolute Gasteiger partial charge is 0.240 e. The number of methoxy groups -OCH3 is 1. The second-order valence-electron chi connectivity index (χ2n) is 15.8. The number of carbonyl (C=O) groups excluding carboxylic acids is 3. The molecule has 282 valence electrons. The summed E-state index contributed by atoms with van der Waals surface area (Å²) in [7, 11) is -0.386. The SMILES string of the molecule is COc1ccc2c(O[C@@H]3C[C@H]4C(=O)C[C@]5(C(=O)NS(=O)(=O)C6CC6)C[C@@H]5/C=C\CCCCN(C)C(=O)[C@@H]4C3)cc(-c3cccc(C(C)C)n3)nc2c1C. The molecule has 1 N–H and O–H groups in total. The van der Waals surface area contributed by atoms with E-state index in [1.807, 2.05) is 55.5 Å². The van der Waals surface area contributed by atoms with Crippen LogP contribution in [0.5, 0.6) is 11.5 Å². The lowest BCUT2D eigenvalue weighted by molar-refractivity contribution is -0.140. The zero-order valence-electron chi connectivity index (χ0n) is 31.3. The summed E-state index contributed by atoms with van der Waals surface area (Å²) < 4.78 is 40.4. The van der Waals surface area contributed by atoms with Crippen molar-refractivity contribution in [2.45, 2.75) is 95.8 Å². The molecule has 3 aromatic rings. The van der Waals surface area contributed by atoms with Crippen molar-refractivity contribution in [3.63, 3.8) is 0 Å². The van der Waals surface area contributed by atoms with Crippen molar-refractivity contribution in [1.82, 2.24) is 19.6 Å². The van der Waals surface area contributed by atoms with Gasteiger partial charge < -0.3 is 14.4 Å². The van der Waals surface area contributed by atoms with Gasteiger partial charge in [-0.05, 0) is 94.4 Å². The molecule has 5 atom stereocenters. The normalized spacial score (nSPS) is 27.2. The van der Waals surface area contributed by atoms with Gasteiger partial charge in [0.1, 0.15) is 23.4 Å². The van der Waals surface area contributed by atoms with Crippen molar-refractivity contribution in [2.24, 2.45) is 23.2 Å². The predicted octanol–water partition coefficient (Wildman–Crippen LogP) is 6.28. The third-order valence-corrected chi connectivity index (χ3v) is 13.5. The maximum absolute atomic E-state index is 14.4. The average Bonchev–Trinajstić information content (AvgIpc) is 4.06. The van der Waals surface area contributed by atoms with Crippen LogP contribution in [0.2, 0.25) is 0 Å². The van der Waals surface area contributed by atoms with E-state index in [1.165, 1.54) is 0 Å². The Morgan fingerprint density at radius 2 is 1.79 bits per heavy atom. The Morgan fingerprint density at radius 1 is 1.02 bits per heavy atom. The van der Waals surface area contributed by atoms with Gasteiger partial charge in [0.05, 0.1) is 40.6 Å². The Labute approximate surface area is 312 Å². The van der Waals surface area contributed by atoms with E-state index in [9.17, 15) is 22.8 Å². The van der Waals surface area contributed by atoms with Gasteiger partial charge in [-0.3, -0.25) is 24.1 Å². The first-order chi connectivity index (χ1) is 25.3. The number of nitrogens with zero attached hydrogens (tertiary/aromatic N) is 3. The fourth-order valence-electron chi connectivity index (χ4n) is 8.17. The molecule has 7 rings (SSSR count). The van der Waals surface area contributed by atoms with Crippen LogP contribution < -0.4 is 14.2 Å². The summed E-state index contributed by atoms with van der Waals surface area (Å²) in [6.07, 6.45) is 7.90. The summed E-state index contributed by atoms with van der Waals surface area (Å²) in [5.41, 5.74) is 2.69. The molecule has 0 radical (unpaired) electrons. The van der Waals surface area contributed by atoms with Crippen LogP contribution in [-0.4, -0.2) is 72.9 Å². The first-order valence-corrected chi connectivity index (χ1v) is 20.5. The molecule has 0 unspecified atom stereocenters. The fraction of sp³-hybridized carbons (Fsp3) is 0.537. The van der Waals surface area contributed by atoms with E-state index >= 15 is 0 Å². The number of pyridine rings is 2. The van der Waals surface area contributed by atoms with Crippen molar-refractivity contribution in [3.05, 3.63) is 59.8 Å². The lowest BCUT2D eigenvalue weighted by Gasteiger charge is -2.26.